The van der Waals surface area contributed by atoms with E-state index in [4.69, 9.17) is 11.6 Å². The van der Waals surface area contributed by atoms with Gasteiger partial charge in [-0.3, -0.25) is 9.59 Å². The number of esters is 1. The van der Waals surface area contributed by atoms with Gasteiger partial charge in [0, 0.05) is 17.0 Å². The Kier molecular flexibility index (Phi) is 3.92. The van der Waals surface area contributed by atoms with E-state index in [2.05, 4.69) is 4.74 Å². The number of ketones is 2. The molecule has 1 aromatic rings. The lowest BCUT2D eigenvalue weighted by Crippen LogP contribution is -2.51. The van der Waals surface area contributed by atoms with E-state index in [0.29, 0.717) is 5.02 Å². The highest BCUT2D eigenvalue weighted by molar-refractivity contribution is 6.30. The minimum Gasteiger partial charge on any atom is -0.467 e. The number of rotatable bonds is 3. The Morgan fingerprint density at radius 1 is 1.35 bits per heavy atom. The minimum absolute atomic E-state index is 0.0321. The Labute approximate surface area is 120 Å². The molecule has 1 saturated carbocycles. The van der Waals surface area contributed by atoms with Crippen molar-refractivity contribution in [3.8, 4) is 0 Å². The summed E-state index contributed by atoms with van der Waals surface area (Å²) in [6.45, 7) is 0. The molecule has 2 rings (SSSR count). The van der Waals surface area contributed by atoms with Crippen molar-refractivity contribution in [2.45, 2.75) is 18.4 Å². The molecule has 1 aliphatic carbocycles. The van der Waals surface area contributed by atoms with E-state index in [-0.39, 0.29) is 18.4 Å². The number of Topliss-reactive ketones (excluding diaryl/α,β-unsaturated/α-hetero) is 2. The Bertz CT molecular complexity index is 565. The fourth-order valence-electron chi connectivity index (χ4n) is 2.42. The fourth-order valence-corrected chi connectivity index (χ4v) is 2.54. The lowest BCUT2D eigenvalue weighted by molar-refractivity contribution is -0.168. The third-order valence-electron chi connectivity index (χ3n) is 3.53. The molecule has 5 nitrogen and oxygen atoms in total. The first-order valence-corrected chi connectivity index (χ1v) is 6.43. The molecule has 0 unspecified atom stereocenters. The Balaban J connectivity index is 2.36. The van der Waals surface area contributed by atoms with Crippen LogP contribution in [0, 0.1) is 5.92 Å². The molecule has 0 amide bonds. The zero-order chi connectivity index (χ0) is 14.9. The molecular weight excluding hydrogens is 284 g/mol. The van der Waals surface area contributed by atoms with E-state index in [9.17, 15) is 19.5 Å². The molecule has 1 aliphatic rings. The molecule has 0 spiro atoms. The summed E-state index contributed by atoms with van der Waals surface area (Å²) in [4.78, 5) is 35.8. The molecule has 20 heavy (non-hydrogen) atoms. The summed E-state index contributed by atoms with van der Waals surface area (Å²) in [5.41, 5.74) is -2.10. The molecule has 1 aromatic carbocycles. The van der Waals surface area contributed by atoms with E-state index in [0.717, 1.165) is 7.11 Å². The maximum absolute atomic E-state index is 12.4. The van der Waals surface area contributed by atoms with Crippen LogP contribution in [0.1, 0.15) is 23.2 Å². The number of aliphatic hydroxyl groups is 1. The highest BCUT2D eigenvalue weighted by Crippen LogP contribution is 2.36. The topological polar surface area (TPSA) is 80.7 Å². The number of methoxy groups -OCH3 is 1. The van der Waals surface area contributed by atoms with E-state index in [1.54, 1.807) is 0 Å². The van der Waals surface area contributed by atoms with Crippen molar-refractivity contribution < 1.29 is 24.2 Å². The lowest BCUT2D eigenvalue weighted by atomic mass is 9.84. The molecule has 0 saturated heterocycles. The number of halogens is 1. The second-order valence-electron chi connectivity index (χ2n) is 4.64. The van der Waals surface area contributed by atoms with Gasteiger partial charge in [0.05, 0.1) is 13.0 Å². The van der Waals surface area contributed by atoms with Crippen LogP contribution in [0.5, 0.6) is 0 Å². The van der Waals surface area contributed by atoms with Crippen LogP contribution in [0.2, 0.25) is 5.02 Å². The van der Waals surface area contributed by atoms with E-state index >= 15 is 0 Å². The first-order chi connectivity index (χ1) is 9.41. The predicted octanol–water partition coefficient (Wildman–Crippen LogP) is 1.41. The van der Waals surface area contributed by atoms with Gasteiger partial charge in [-0.1, -0.05) is 11.6 Å². The number of hydrogen-bond acceptors (Lipinski definition) is 5. The van der Waals surface area contributed by atoms with Gasteiger partial charge in [-0.05, 0) is 30.7 Å². The number of benzene rings is 1. The van der Waals surface area contributed by atoms with Gasteiger partial charge in [0.15, 0.2) is 11.6 Å². The Morgan fingerprint density at radius 2 is 1.95 bits per heavy atom. The van der Waals surface area contributed by atoms with Crippen molar-refractivity contribution in [2.75, 3.05) is 7.11 Å². The van der Waals surface area contributed by atoms with Gasteiger partial charge in [0.2, 0.25) is 5.60 Å². The van der Waals surface area contributed by atoms with Crippen molar-refractivity contribution in [3.05, 3.63) is 34.9 Å². The third kappa shape index (κ3) is 2.23. The normalized spacial score (nSPS) is 25.6. The number of hydrogen-bond donors (Lipinski definition) is 1. The average Bonchev–Trinajstić information content (AvgIpc) is 2.75. The maximum Gasteiger partial charge on any atom is 0.346 e. The van der Waals surface area contributed by atoms with Gasteiger partial charge < -0.3 is 9.84 Å². The van der Waals surface area contributed by atoms with Gasteiger partial charge in [-0.15, -0.1) is 0 Å². The molecule has 1 N–H and O–H groups in total. The lowest BCUT2D eigenvalue weighted by Gasteiger charge is -2.24. The Hall–Kier alpha value is -1.72. The van der Waals surface area contributed by atoms with Crippen LogP contribution < -0.4 is 0 Å². The molecule has 0 heterocycles. The first-order valence-electron chi connectivity index (χ1n) is 6.05. The predicted molar refractivity (Wildman–Crippen MR) is 70.5 cm³/mol. The van der Waals surface area contributed by atoms with Crippen molar-refractivity contribution >= 4 is 29.1 Å². The summed E-state index contributed by atoms with van der Waals surface area (Å²) >= 11 is 5.74. The Morgan fingerprint density at radius 3 is 2.50 bits per heavy atom. The molecular formula is C14H13ClO5. The fraction of sp³-hybridized carbons (Fsp3) is 0.357. The van der Waals surface area contributed by atoms with Gasteiger partial charge in [-0.2, -0.15) is 0 Å². The van der Waals surface area contributed by atoms with Crippen LogP contribution in [0.3, 0.4) is 0 Å². The molecule has 0 aromatic heterocycles. The van der Waals surface area contributed by atoms with Gasteiger partial charge in [-0.25, -0.2) is 4.79 Å². The third-order valence-corrected chi connectivity index (χ3v) is 3.78. The molecule has 0 aliphatic heterocycles. The van der Waals surface area contributed by atoms with E-state index in [1.807, 2.05) is 0 Å². The van der Waals surface area contributed by atoms with Crippen LogP contribution in [-0.2, 0) is 14.3 Å². The standard InChI is InChI=1S/C14H13ClO5/c1-20-13(18)14(19)10(6-7-11(14)16)12(17)8-2-4-9(15)5-3-8/h2-5,10,19H,6-7H2,1H3/t10-,14+/m1/s1. The number of carbonyl (C=O) groups is 3. The average molecular weight is 297 g/mol. The number of carbonyl (C=O) groups excluding carboxylic acids is 3. The van der Waals surface area contributed by atoms with Gasteiger partial charge in [0.25, 0.3) is 0 Å². The summed E-state index contributed by atoms with van der Waals surface area (Å²) in [7, 11) is 1.07. The molecule has 0 radical (unpaired) electrons. The highest BCUT2D eigenvalue weighted by atomic mass is 35.5. The summed E-state index contributed by atoms with van der Waals surface area (Å²) in [5, 5.41) is 10.8. The minimum atomic E-state index is -2.38. The quantitative estimate of drug-likeness (QED) is 0.518. The van der Waals surface area contributed by atoms with Crippen molar-refractivity contribution in [3.63, 3.8) is 0 Å². The number of ether oxygens (including phenoxy) is 1. The monoisotopic (exact) mass is 296 g/mol. The SMILES string of the molecule is COC(=O)[C@@]1(O)C(=O)CC[C@@H]1C(=O)c1ccc(Cl)cc1. The molecule has 1 fully saturated rings. The summed E-state index contributed by atoms with van der Waals surface area (Å²) in [6.07, 6.45) is 0.0848. The summed E-state index contributed by atoms with van der Waals surface area (Å²) in [6, 6.07) is 6.04. The van der Waals surface area contributed by atoms with Crippen LogP contribution >= 0.6 is 11.6 Å². The maximum atomic E-state index is 12.4. The second kappa shape index (κ2) is 5.34. The summed E-state index contributed by atoms with van der Waals surface area (Å²) in [5.74, 6) is -3.37. The molecule has 106 valence electrons. The molecule has 6 heteroatoms. The van der Waals surface area contributed by atoms with Crippen LogP contribution in [0.4, 0.5) is 0 Å². The molecule has 2 atom stereocenters. The van der Waals surface area contributed by atoms with Gasteiger partial charge >= 0.3 is 5.97 Å². The highest BCUT2D eigenvalue weighted by Gasteiger charge is 2.58. The van der Waals surface area contributed by atoms with Gasteiger partial charge in [0.1, 0.15) is 0 Å². The van der Waals surface area contributed by atoms with Crippen molar-refractivity contribution in [1.29, 1.82) is 0 Å². The van der Waals surface area contributed by atoms with Crippen molar-refractivity contribution in [2.24, 2.45) is 5.92 Å². The largest absolute Gasteiger partial charge is 0.467 e. The summed E-state index contributed by atoms with van der Waals surface area (Å²) < 4.78 is 4.46. The second-order valence-corrected chi connectivity index (χ2v) is 5.08. The zero-order valence-electron chi connectivity index (χ0n) is 10.8. The smallest absolute Gasteiger partial charge is 0.346 e. The van der Waals surface area contributed by atoms with Crippen LogP contribution in [-0.4, -0.2) is 35.4 Å². The van der Waals surface area contributed by atoms with E-state index < -0.39 is 29.1 Å². The van der Waals surface area contributed by atoms with E-state index in [1.165, 1.54) is 24.3 Å². The first kappa shape index (κ1) is 14.7. The van der Waals surface area contributed by atoms with Crippen LogP contribution in [0.25, 0.3) is 0 Å². The van der Waals surface area contributed by atoms with Crippen LogP contribution in [0.15, 0.2) is 24.3 Å². The zero-order valence-corrected chi connectivity index (χ0v) is 11.5. The molecule has 0 bridgehead atoms. The van der Waals surface area contributed by atoms with Crippen molar-refractivity contribution in [1.82, 2.24) is 0 Å².